The molecule has 0 saturated carbocycles. The average molecular weight is 303 g/mol. The van der Waals surface area contributed by atoms with Crippen molar-refractivity contribution >= 4 is 6.09 Å². The Morgan fingerprint density at radius 1 is 1.23 bits per heavy atom. The summed E-state index contributed by atoms with van der Waals surface area (Å²) in [6, 6.07) is 6.40. The number of hydrogen-bond donors (Lipinski definition) is 0. The Bertz CT molecular complexity index is 671. The van der Waals surface area contributed by atoms with E-state index >= 15 is 0 Å². The predicted octanol–water partition coefficient (Wildman–Crippen LogP) is 3.15. The maximum absolute atomic E-state index is 12.0. The third-order valence-corrected chi connectivity index (χ3v) is 2.81. The van der Waals surface area contributed by atoms with Crippen LogP contribution in [0.25, 0.3) is 11.1 Å². The minimum atomic E-state index is -0.579. The molecule has 1 heterocycles. The molecule has 0 aliphatic heterocycles. The summed E-state index contributed by atoms with van der Waals surface area (Å²) in [4.78, 5) is 12.0. The lowest BCUT2D eigenvalue weighted by Crippen LogP contribution is -2.27. The minimum absolute atomic E-state index is 0.537. The van der Waals surface area contributed by atoms with E-state index in [2.05, 4.69) is 11.2 Å². The number of benzene rings is 1. The number of rotatable bonds is 3. The van der Waals surface area contributed by atoms with Crippen molar-refractivity contribution in [3.8, 4) is 22.6 Å². The number of carbonyl (C=O) groups is 1. The van der Waals surface area contributed by atoms with Crippen LogP contribution in [0.1, 0.15) is 20.8 Å². The molecule has 1 radical (unpaired) electrons. The first-order chi connectivity index (χ1) is 10.4. The third kappa shape index (κ3) is 3.39. The minimum Gasteiger partial charge on any atom is -0.493 e. The Kier molecular flexibility index (Phi) is 4.40. The van der Waals surface area contributed by atoms with E-state index in [4.69, 9.17) is 14.2 Å². The van der Waals surface area contributed by atoms with Crippen LogP contribution in [-0.4, -0.2) is 35.7 Å². The van der Waals surface area contributed by atoms with Crippen LogP contribution in [-0.2, 0) is 4.74 Å². The van der Waals surface area contributed by atoms with Gasteiger partial charge in [-0.15, -0.1) is 0 Å². The van der Waals surface area contributed by atoms with E-state index in [-0.39, 0.29) is 0 Å². The molecule has 0 aliphatic carbocycles. The highest BCUT2D eigenvalue weighted by atomic mass is 16.6. The zero-order valence-corrected chi connectivity index (χ0v) is 13.3. The number of methoxy groups -OCH3 is 2. The van der Waals surface area contributed by atoms with Gasteiger partial charge in [0.25, 0.3) is 0 Å². The summed E-state index contributed by atoms with van der Waals surface area (Å²) < 4.78 is 17.0. The first-order valence-electron chi connectivity index (χ1n) is 6.76. The normalized spacial score (nSPS) is 11.1. The van der Waals surface area contributed by atoms with Crippen LogP contribution in [0, 0.1) is 6.07 Å². The van der Waals surface area contributed by atoms with Crippen molar-refractivity contribution in [3.63, 3.8) is 0 Å². The van der Waals surface area contributed by atoms with Gasteiger partial charge >= 0.3 is 6.09 Å². The van der Waals surface area contributed by atoms with Crippen molar-refractivity contribution in [2.45, 2.75) is 26.4 Å². The number of hydrogen-bond acceptors (Lipinski definition) is 5. The van der Waals surface area contributed by atoms with Crippen molar-refractivity contribution in [3.05, 3.63) is 30.6 Å². The van der Waals surface area contributed by atoms with Gasteiger partial charge in [-0.05, 0) is 39.0 Å². The van der Waals surface area contributed by atoms with Crippen LogP contribution in [0.4, 0.5) is 4.79 Å². The molecule has 117 valence electrons. The zero-order valence-electron chi connectivity index (χ0n) is 13.3. The van der Waals surface area contributed by atoms with Gasteiger partial charge in [0.15, 0.2) is 11.5 Å². The molecule has 6 nitrogen and oxygen atoms in total. The quantitative estimate of drug-likeness (QED) is 0.871. The predicted molar refractivity (Wildman–Crippen MR) is 81.2 cm³/mol. The molecule has 0 atom stereocenters. The lowest BCUT2D eigenvalue weighted by molar-refractivity contribution is 0.0514. The summed E-state index contributed by atoms with van der Waals surface area (Å²) in [6.07, 6.45) is 2.61. The topological polar surface area (TPSA) is 62.6 Å². The van der Waals surface area contributed by atoms with E-state index in [0.717, 1.165) is 10.2 Å². The van der Waals surface area contributed by atoms with Gasteiger partial charge in [0.05, 0.1) is 20.4 Å². The van der Waals surface area contributed by atoms with E-state index in [1.165, 1.54) is 0 Å². The van der Waals surface area contributed by atoms with E-state index < -0.39 is 11.7 Å². The molecule has 0 unspecified atom stereocenters. The Morgan fingerprint density at radius 3 is 2.55 bits per heavy atom. The Labute approximate surface area is 129 Å². The summed E-state index contributed by atoms with van der Waals surface area (Å²) in [7, 11) is 3.11. The summed E-state index contributed by atoms with van der Waals surface area (Å²) >= 11 is 0. The van der Waals surface area contributed by atoms with Gasteiger partial charge in [-0.1, -0.05) is 0 Å². The highest BCUT2D eigenvalue weighted by Crippen LogP contribution is 2.37. The summed E-state index contributed by atoms with van der Waals surface area (Å²) in [6.45, 7) is 5.40. The molecule has 1 aromatic heterocycles. The molecule has 0 aliphatic rings. The molecular weight excluding hydrogens is 284 g/mol. The van der Waals surface area contributed by atoms with Gasteiger partial charge in [0.1, 0.15) is 5.60 Å². The number of ether oxygens (including phenoxy) is 3. The fourth-order valence-corrected chi connectivity index (χ4v) is 1.91. The Morgan fingerprint density at radius 2 is 1.95 bits per heavy atom. The van der Waals surface area contributed by atoms with Crippen molar-refractivity contribution in [2.24, 2.45) is 0 Å². The lowest BCUT2D eigenvalue weighted by atomic mass is 10.1. The average Bonchev–Trinajstić information content (AvgIpc) is 2.94. The SMILES string of the molecule is COc1c[c]cc(-c2cnn(C(=O)OC(C)(C)C)c2)c1OC. The molecule has 0 N–H and O–H groups in total. The summed E-state index contributed by atoms with van der Waals surface area (Å²) in [5.74, 6) is 1.12. The summed E-state index contributed by atoms with van der Waals surface area (Å²) in [5.41, 5.74) is 0.861. The fraction of sp³-hybridized carbons (Fsp3) is 0.375. The van der Waals surface area contributed by atoms with E-state index in [9.17, 15) is 4.79 Å². The Balaban J connectivity index is 2.35. The Hall–Kier alpha value is -2.50. The first kappa shape index (κ1) is 15.9. The number of aromatic nitrogens is 2. The second kappa shape index (κ2) is 6.09. The first-order valence-corrected chi connectivity index (χ1v) is 6.76. The molecule has 0 amide bonds. The second-order valence-corrected chi connectivity index (χ2v) is 5.62. The van der Waals surface area contributed by atoms with Gasteiger partial charge in [0.2, 0.25) is 0 Å². The third-order valence-electron chi connectivity index (χ3n) is 2.81. The smallest absolute Gasteiger partial charge is 0.435 e. The number of nitrogens with zero attached hydrogens (tertiary/aromatic N) is 2. The van der Waals surface area contributed by atoms with Crippen molar-refractivity contribution in [2.75, 3.05) is 14.2 Å². The van der Waals surface area contributed by atoms with Gasteiger partial charge in [0, 0.05) is 17.3 Å². The largest absolute Gasteiger partial charge is 0.493 e. The van der Waals surface area contributed by atoms with Crippen LogP contribution in [0.5, 0.6) is 11.5 Å². The second-order valence-electron chi connectivity index (χ2n) is 5.62. The number of carbonyl (C=O) groups excluding carboxylic acids is 1. The molecule has 2 aromatic rings. The van der Waals surface area contributed by atoms with Crippen molar-refractivity contribution in [1.82, 2.24) is 9.78 Å². The zero-order chi connectivity index (χ0) is 16.3. The molecule has 0 spiro atoms. The van der Waals surface area contributed by atoms with E-state index in [0.29, 0.717) is 17.1 Å². The fourth-order valence-electron chi connectivity index (χ4n) is 1.91. The van der Waals surface area contributed by atoms with Crippen LogP contribution in [0.2, 0.25) is 0 Å². The van der Waals surface area contributed by atoms with E-state index in [1.54, 1.807) is 59.5 Å². The van der Waals surface area contributed by atoms with Crippen LogP contribution in [0.15, 0.2) is 24.5 Å². The maximum atomic E-state index is 12.0. The molecule has 22 heavy (non-hydrogen) atoms. The molecule has 0 fully saturated rings. The molecular formula is C16H19N2O4. The molecule has 2 rings (SSSR count). The van der Waals surface area contributed by atoms with Crippen LogP contribution in [0.3, 0.4) is 0 Å². The van der Waals surface area contributed by atoms with E-state index in [1.807, 2.05) is 0 Å². The molecule has 0 bridgehead atoms. The van der Waals surface area contributed by atoms with Crippen LogP contribution >= 0.6 is 0 Å². The monoisotopic (exact) mass is 303 g/mol. The molecule has 0 saturated heterocycles. The van der Waals surface area contributed by atoms with Gasteiger partial charge in [-0.2, -0.15) is 9.78 Å². The highest BCUT2D eigenvalue weighted by Gasteiger charge is 2.20. The van der Waals surface area contributed by atoms with Crippen molar-refractivity contribution < 1.29 is 19.0 Å². The van der Waals surface area contributed by atoms with Gasteiger partial charge < -0.3 is 14.2 Å². The standard InChI is InChI=1S/C16H19N2O4/c1-16(2,3)22-15(19)18-10-11(9-17-18)12-7-6-8-13(20-4)14(12)21-5/h7-10H,1-5H3. The van der Waals surface area contributed by atoms with Gasteiger partial charge in [-0.3, -0.25) is 0 Å². The summed E-state index contributed by atoms with van der Waals surface area (Å²) in [5, 5.41) is 4.04. The van der Waals surface area contributed by atoms with Crippen LogP contribution < -0.4 is 9.47 Å². The highest BCUT2D eigenvalue weighted by molar-refractivity contribution is 5.76. The lowest BCUT2D eigenvalue weighted by Gasteiger charge is -2.18. The molecule has 1 aromatic carbocycles. The van der Waals surface area contributed by atoms with Gasteiger partial charge in [-0.25, -0.2) is 4.79 Å². The molecule has 6 heteroatoms. The van der Waals surface area contributed by atoms with Crippen molar-refractivity contribution in [1.29, 1.82) is 0 Å². The maximum Gasteiger partial charge on any atom is 0.435 e.